The highest BCUT2D eigenvalue weighted by molar-refractivity contribution is 5.29. The van der Waals surface area contributed by atoms with E-state index in [0.717, 1.165) is 6.42 Å². The standard InChI is InChI=1S/C15H25N/c1-6-15(16,12(2)3)14(4,5)13-10-8-7-9-11-13/h7-12H,6,16H2,1-5H3. The van der Waals surface area contributed by atoms with Crippen molar-refractivity contribution in [3.05, 3.63) is 35.9 Å². The van der Waals surface area contributed by atoms with Crippen LogP contribution in [-0.4, -0.2) is 5.54 Å². The number of hydrogen-bond donors (Lipinski definition) is 1. The molecule has 16 heavy (non-hydrogen) atoms. The Kier molecular flexibility index (Phi) is 3.80. The van der Waals surface area contributed by atoms with E-state index < -0.39 is 0 Å². The molecule has 1 atom stereocenters. The first-order valence-corrected chi connectivity index (χ1v) is 6.20. The van der Waals surface area contributed by atoms with Gasteiger partial charge < -0.3 is 5.73 Å². The summed E-state index contributed by atoms with van der Waals surface area (Å²) in [5.41, 5.74) is 7.82. The Labute approximate surface area is 100 Å². The van der Waals surface area contributed by atoms with E-state index >= 15 is 0 Å². The average Bonchev–Trinajstić information content (AvgIpc) is 2.28. The number of benzene rings is 1. The van der Waals surface area contributed by atoms with Gasteiger partial charge in [0.1, 0.15) is 0 Å². The maximum Gasteiger partial charge on any atom is 0.0267 e. The Morgan fingerprint density at radius 2 is 1.62 bits per heavy atom. The van der Waals surface area contributed by atoms with E-state index in [2.05, 4.69) is 65.0 Å². The molecule has 0 heterocycles. The van der Waals surface area contributed by atoms with Crippen molar-refractivity contribution in [3.63, 3.8) is 0 Å². The van der Waals surface area contributed by atoms with Crippen LogP contribution in [0.15, 0.2) is 30.3 Å². The molecule has 0 aliphatic rings. The van der Waals surface area contributed by atoms with Gasteiger partial charge in [-0.3, -0.25) is 0 Å². The molecule has 1 nitrogen and oxygen atoms in total. The van der Waals surface area contributed by atoms with Crippen LogP contribution in [0.5, 0.6) is 0 Å². The lowest BCUT2D eigenvalue weighted by Crippen LogP contribution is -2.58. The Hall–Kier alpha value is -0.820. The quantitative estimate of drug-likeness (QED) is 0.820. The van der Waals surface area contributed by atoms with Gasteiger partial charge in [-0.25, -0.2) is 0 Å². The van der Waals surface area contributed by atoms with Crippen LogP contribution in [0, 0.1) is 5.92 Å². The van der Waals surface area contributed by atoms with Gasteiger partial charge in [-0.15, -0.1) is 0 Å². The van der Waals surface area contributed by atoms with E-state index in [4.69, 9.17) is 5.73 Å². The third-order valence-electron chi connectivity index (χ3n) is 4.27. The van der Waals surface area contributed by atoms with Gasteiger partial charge in [-0.1, -0.05) is 65.0 Å². The molecule has 0 aliphatic carbocycles. The van der Waals surface area contributed by atoms with E-state index in [0.29, 0.717) is 5.92 Å². The van der Waals surface area contributed by atoms with E-state index in [9.17, 15) is 0 Å². The van der Waals surface area contributed by atoms with Crippen molar-refractivity contribution in [1.29, 1.82) is 0 Å². The summed E-state index contributed by atoms with van der Waals surface area (Å²) in [6.07, 6.45) is 0.993. The maximum absolute atomic E-state index is 6.65. The highest BCUT2D eigenvalue weighted by Gasteiger charge is 2.43. The maximum atomic E-state index is 6.65. The first kappa shape index (κ1) is 13.2. The lowest BCUT2D eigenvalue weighted by atomic mass is 9.62. The molecular formula is C15H25N. The van der Waals surface area contributed by atoms with Crippen molar-refractivity contribution < 1.29 is 0 Å². The lowest BCUT2D eigenvalue weighted by Gasteiger charge is -2.47. The minimum Gasteiger partial charge on any atom is -0.324 e. The zero-order valence-corrected chi connectivity index (χ0v) is 11.2. The number of rotatable bonds is 4. The SMILES string of the molecule is CCC(N)(C(C)C)C(C)(C)c1ccccc1. The van der Waals surface area contributed by atoms with Gasteiger partial charge in [-0.05, 0) is 17.9 Å². The molecule has 0 bridgehead atoms. The molecule has 0 saturated carbocycles. The van der Waals surface area contributed by atoms with Gasteiger partial charge in [0.25, 0.3) is 0 Å². The van der Waals surface area contributed by atoms with Crippen molar-refractivity contribution in [2.45, 2.75) is 52.0 Å². The summed E-state index contributed by atoms with van der Waals surface area (Å²) in [4.78, 5) is 0. The zero-order chi connectivity index (χ0) is 12.4. The summed E-state index contributed by atoms with van der Waals surface area (Å²) in [7, 11) is 0. The molecule has 0 aliphatic heterocycles. The molecule has 0 amide bonds. The predicted octanol–water partition coefficient (Wildman–Crippen LogP) is 3.73. The van der Waals surface area contributed by atoms with E-state index in [1.54, 1.807) is 0 Å². The molecular weight excluding hydrogens is 194 g/mol. The normalized spacial score (nSPS) is 16.2. The van der Waals surface area contributed by atoms with Gasteiger partial charge in [0, 0.05) is 11.0 Å². The smallest absolute Gasteiger partial charge is 0.0267 e. The molecule has 1 aromatic carbocycles. The summed E-state index contributed by atoms with van der Waals surface area (Å²) < 4.78 is 0. The van der Waals surface area contributed by atoms with E-state index in [-0.39, 0.29) is 11.0 Å². The second-order valence-corrected chi connectivity index (χ2v) is 5.54. The van der Waals surface area contributed by atoms with E-state index in [1.807, 2.05) is 0 Å². The van der Waals surface area contributed by atoms with Gasteiger partial charge in [0.2, 0.25) is 0 Å². The molecule has 0 saturated heterocycles. The van der Waals surface area contributed by atoms with Crippen LogP contribution >= 0.6 is 0 Å². The minimum atomic E-state index is -0.158. The summed E-state index contributed by atoms with van der Waals surface area (Å²) >= 11 is 0. The number of hydrogen-bond acceptors (Lipinski definition) is 1. The van der Waals surface area contributed by atoms with Crippen LogP contribution in [0.25, 0.3) is 0 Å². The third-order valence-corrected chi connectivity index (χ3v) is 4.27. The van der Waals surface area contributed by atoms with Crippen LogP contribution in [0.1, 0.15) is 46.6 Å². The molecule has 1 unspecified atom stereocenters. The van der Waals surface area contributed by atoms with E-state index in [1.165, 1.54) is 5.56 Å². The Balaban J connectivity index is 3.19. The molecule has 90 valence electrons. The number of nitrogens with two attached hydrogens (primary N) is 1. The van der Waals surface area contributed by atoms with Crippen molar-refractivity contribution in [2.75, 3.05) is 0 Å². The topological polar surface area (TPSA) is 26.0 Å². The minimum absolute atomic E-state index is 0.00280. The van der Waals surface area contributed by atoms with Gasteiger partial charge in [0.05, 0.1) is 0 Å². The summed E-state index contributed by atoms with van der Waals surface area (Å²) in [6, 6.07) is 10.6. The van der Waals surface area contributed by atoms with Gasteiger partial charge >= 0.3 is 0 Å². The summed E-state index contributed by atoms with van der Waals surface area (Å²) in [5.74, 6) is 0.465. The second kappa shape index (κ2) is 4.58. The van der Waals surface area contributed by atoms with Crippen LogP contribution in [0.4, 0.5) is 0 Å². The third kappa shape index (κ3) is 2.01. The fourth-order valence-corrected chi connectivity index (χ4v) is 2.70. The summed E-state index contributed by atoms with van der Waals surface area (Å²) in [5, 5.41) is 0. The largest absolute Gasteiger partial charge is 0.324 e. The molecule has 2 N–H and O–H groups in total. The molecule has 0 fully saturated rings. The zero-order valence-electron chi connectivity index (χ0n) is 11.2. The van der Waals surface area contributed by atoms with Crippen LogP contribution < -0.4 is 5.73 Å². The lowest BCUT2D eigenvalue weighted by molar-refractivity contribution is 0.176. The van der Waals surface area contributed by atoms with Crippen LogP contribution in [-0.2, 0) is 5.41 Å². The molecule has 1 heteroatoms. The molecule has 0 radical (unpaired) electrons. The van der Waals surface area contributed by atoms with Crippen molar-refractivity contribution in [3.8, 4) is 0 Å². The fourth-order valence-electron chi connectivity index (χ4n) is 2.70. The highest BCUT2D eigenvalue weighted by Crippen LogP contribution is 2.39. The molecule has 1 aromatic rings. The highest BCUT2D eigenvalue weighted by atomic mass is 14.8. The predicted molar refractivity (Wildman–Crippen MR) is 71.5 cm³/mol. The first-order chi connectivity index (χ1) is 7.36. The Morgan fingerprint density at radius 1 is 1.12 bits per heavy atom. The van der Waals surface area contributed by atoms with Gasteiger partial charge in [-0.2, -0.15) is 0 Å². The molecule has 1 rings (SSSR count). The Bertz CT molecular complexity index is 327. The van der Waals surface area contributed by atoms with Crippen LogP contribution in [0.2, 0.25) is 0 Å². The van der Waals surface area contributed by atoms with Gasteiger partial charge in [0.15, 0.2) is 0 Å². The monoisotopic (exact) mass is 219 g/mol. The fraction of sp³-hybridized carbons (Fsp3) is 0.600. The Morgan fingerprint density at radius 3 is 2.00 bits per heavy atom. The van der Waals surface area contributed by atoms with Crippen molar-refractivity contribution >= 4 is 0 Å². The average molecular weight is 219 g/mol. The summed E-state index contributed by atoms with van der Waals surface area (Å²) in [6.45, 7) is 11.1. The molecule has 0 spiro atoms. The van der Waals surface area contributed by atoms with Crippen molar-refractivity contribution in [1.82, 2.24) is 0 Å². The second-order valence-electron chi connectivity index (χ2n) is 5.54. The first-order valence-electron chi connectivity index (χ1n) is 6.20. The van der Waals surface area contributed by atoms with Crippen molar-refractivity contribution in [2.24, 2.45) is 11.7 Å². The van der Waals surface area contributed by atoms with Crippen LogP contribution in [0.3, 0.4) is 0 Å². The molecule has 0 aromatic heterocycles.